The van der Waals surface area contributed by atoms with Crippen LogP contribution in [0, 0.1) is 11.8 Å². The fourth-order valence-corrected chi connectivity index (χ4v) is 3.81. The van der Waals surface area contributed by atoms with Gasteiger partial charge in [-0.1, -0.05) is 67.8 Å². The molecule has 1 aromatic rings. The second-order valence-electron chi connectivity index (χ2n) is 7.31. The van der Waals surface area contributed by atoms with Crippen LogP contribution < -0.4 is 0 Å². The summed E-state index contributed by atoms with van der Waals surface area (Å²) in [5.74, 6) is 0.253. The normalized spacial score (nSPS) is 21.9. The lowest BCUT2D eigenvalue weighted by Gasteiger charge is -2.21. The molecule has 28 heavy (non-hydrogen) atoms. The van der Waals surface area contributed by atoms with Gasteiger partial charge in [-0.15, -0.1) is 6.58 Å². The fourth-order valence-electron chi connectivity index (χ4n) is 3.81. The zero-order valence-electron chi connectivity index (χ0n) is 16.8. The quantitative estimate of drug-likeness (QED) is 0.289. The van der Waals surface area contributed by atoms with Crippen LogP contribution in [-0.2, 0) is 19.1 Å². The van der Waals surface area contributed by atoms with Gasteiger partial charge in [-0.3, -0.25) is 9.59 Å². The second-order valence-corrected chi connectivity index (χ2v) is 7.31. The maximum atomic E-state index is 12.6. The first-order valence-corrected chi connectivity index (χ1v) is 10.2. The third-order valence-corrected chi connectivity index (χ3v) is 5.32. The van der Waals surface area contributed by atoms with Gasteiger partial charge in [0, 0.05) is 24.7 Å². The van der Waals surface area contributed by atoms with E-state index in [0.29, 0.717) is 25.2 Å². The summed E-state index contributed by atoms with van der Waals surface area (Å²) >= 11 is 0. The summed E-state index contributed by atoms with van der Waals surface area (Å²) in [7, 11) is 1.42. The number of esters is 1. The fraction of sp³-hybridized carbons (Fsp3) is 0.500. The largest absolute Gasteiger partial charge is 0.469 e. The molecule has 0 N–H and O–H groups in total. The number of Topliss-reactive ketones (excluding diaryl/α,β-unsaturated/α-hetero) is 1. The molecule has 0 amide bonds. The summed E-state index contributed by atoms with van der Waals surface area (Å²) in [5.41, 5.74) is 1.13. The average Bonchev–Trinajstić information content (AvgIpc) is 3.02. The molecule has 0 unspecified atom stereocenters. The summed E-state index contributed by atoms with van der Waals surface area (Å²) in [5, 5.41) is 0. The minimum Gasteiger partial charge on any atom is -0.469 e. The van der Waals surface area contributed by atoms with Gasteiger partial charge in [0.05, 0.1) is 19.8 Å². The topological polar surface area (TPSA) is 52.6 Å². The molecule has 1 aromatic carbocycles. The molecular formula is C24H32O4. The first-order valence-electron chi connectivity index (χ1n) is 10.2. The summed E-state index contributed by atoms with van der Waals surface area (Å²) < 4.78 is 10.6. The molecule has 0 saturated heterocycles. The molecule has 1 fully saturated rings. The molecule has 1 saturated carbocycles. The molecule has 0 aromatic heterocycles. The lowest BCUT2D eigenvalue weighted by molar-refractivity contribution is -0.140. The molecule has 3 atom stereocenters. The summed E-state index contributed by atoms with van der Waals surface area (Å²) in [6, 6.07) is 10.1. The summed E-state index contributed by atoms with van der Waals surface area (Å²) in [6.45, 7) is 4.18. The van der Waals surface area contributed by atoms with E-state index in [1.165, 1.54) is 7.11 Å². The number of benzene rings is 1. The number of rotatable bonds is 12. The Hall–Kier alpha value is -2.20. The minimum atomic E-state index is -0.153. The predicted octanol–water partition coefficient (Wildman–Crippen LogP) is 4.99. The van der Waals surface area contributed by atoms with Gasteiger partial charge < -0.3 is 9.47 Å². The smallest absolute Gasteiger partial charge is 0.305 e. The number of ketones is 1. The number of unbranched alkanes of at least 4 members (excludes halogenated alkanes) is 3. The standard InChI is InChI=1S/C24H32O4/c1-3-17-28-23-18-22(25)20(13-9-4-5-10-14-24(26)27-2)21(23)16-15-19-11-7-6-8-12-19/h3,6-8,11-12,15-16,20-21,23H,1,4-5,9-10,13-14,17-18H2,2H3/b16-15+/t20-,21-,23-/m1/s1. The van der Waals surface area contributed by atoms with E-state index in [9.17, 15) is 9.59 Å². The number of hydrogen-bond acceptors (Lipinski definition) is 4. The molecular weight excluding hydrogens is 352 g/mol. The van der Waals surface area contributed by atoms with E-state index in [0.717, 1.165) is 37.7 Å². The Bertz CT molecular complexity index is 650. The Morgan fingerprint density at radius 3 is 2.64 bits per heavy atom. The maximum Gasteiger partial charge on any atom is 0.305 e. The minimum absolute atomic E-state index is 0.00962. The van der Waals surface area contributed by atoms with Crippen molar-refractivity contribution in [3.63, 3.8) is 0 Å². The van der Waals surface area contributed by atoms with Crippen LogP contribution in [0.15, 0.2) is 49.1 Å². The lowest BCUT2D eigenvalue weighted by atomic mass is 9.88. The van der Waals surface area contributed by atoms with E-state index in [-0.39, 0.29) is 23.9 Å². The third kappa shape index (κ3) is 7.08. The van der Waals surface area contributed by atoms with Gasteiger partial charge in [0.25, 0.3) is 0 Å². The van der Waals surface area contributed by atoms with Crippen LogP contribution >= 0.6 is 0 Å². The molecule has 4 heteroatoms. The average molecular weight is 385 g/mol. The van der Waals surface area contributed by atoms with E-state index in [4.69, 9.17) is 4.74 Å². The van der Waals surface area contributed by atoms with Crippen molar-refractivity contribution in [2.75, 3.05) is 13.7 Å². The van der Waals surface area contributed by atoms with E-state index >= 15 is 0 Å². The Kier molecular flexibility index (Phi) is 9.70. The molecule has 1 aliphatic carbocycles. The van der Waals surface area contributed by atoms with Crippen molar-refractivity contribution < 1.29 is 19.1 Å². The van der Waals surface area contributed by atoms with Gasteiger partial charge in [-0.2, -0.15) is 0 Å². The lowest BCUT2D eigenvalue weighted by Crippen LogP contribution is -2.21. The zero-order valence-corrected chi connectivity index (χ0v) is 16.8. The Labute approximate surface area is 168 Å². The predicted molar refractivity (Wildman–Crippen MR) is 112 cm³/mol. The SMILES string of the molecule is C=CCO[C@@H]1CC(=O)[C@H](CCCCCCC(=O)OC)[C@H]1/C=C/c1ccccc1. The van der Waals surface area contributed by atoms with Crippen molar-refractivity contribution in [3.05, 3.63) is 54.6 Å². The van der Waals surface area contributed by atoms with Crippen LogP contribution in [0.3, 0.4) is 0 Å². The highest BCUT2D eigenvalue weighted by Gasteiger charge is 2.40. The van der Waals surface area contributed by atoms with Gasteiger partial charge in [-0.25, -0.2) is 0 Å². The van der Waals surface area contributed by atoms with Gasteiger partial charge in [-0.05, 0) is 18.4 Å². The third-order valence-electron chi connectivity index (χ3n) is 5.32. The number of methoxy groups -OCH3 is 1. The molecule has 2 rings (SSSR count). The monoisotopic (exact) mass is 384 g/mol. The Morgan fingerprint density at radius 1 is 1.18 bits per heavy atom. The molecule has 4 nitrogen and oxygen atoms in total. The molecule has 1 aliphatic rings. The van der Waals surface area contributed by atoms with Crippen LogP contribution in [0.2, 0.25) is 0 Å². The van der Waals surface area contributed by atoms with Crippen LogP contribution in [0.1, 0.15) is 50.5 Å². The van der Waals surface area contributed by atoms with E-state index in [2.05, 4.69) is 35.6 Å². The highest BCUT2D eigenvalue weighted by Crippen LogP contribution is 2.36. The van der Waals surface area contributed by atoms with E-state index in [1.807, 2.05) is 18.2 Å². The number of ether oxygens (including phenoxy) is 2. The molecule has 0 heterocycles. The Balaban J connectivity index is 1.91. The van der Waals surface area contributed by atoms with Crippen LogP contribution in [0.5, 0.6) is 0 Å². The van der Waals surface area contributed by atoms with Crippen LogP contribution in [0.25, 0.3) is 6.08 Å². The first-order chi connectivity index (χ1) is 13.7. The summed E-state index contributed by atoms with van der Waals surface area (Å²) in [4.78, 5) is 23.8. The van der Waals surface area contributed by atoms with Gasteiger partial charge in [0.2, 0.25) is 0 Å². The molecule has 0 spiro atoms. The van der Waals surface area contributed by atoms with Crippen molar-refractivity contribution in [3.8, 4) is 0 Å². The molecule has 0 aliphatic heterocycles. The second kappa shape index (κ2) is 12.3. The number of hydrogen-bond donors (Lipinski definition) is 0. The van der Waals surface area contributed by atoms with Crippen molar-refractivity contribution in [2.24, 2.45) is 11.8 Å². The van der Waals surface area contributed by atoms with Gasteiger partial charge in [0.1, 0.15) is 5.78 Å². The highest BCUT2D eigenvalue weighted by molar-refractivity contribution is 5.85. The zero-order chi connectivity index (χ0) is 20.2. The van der Waals surface area contributed by atoms with Crippen molar-refractivity contribution in [1.82, 2.24) is 0 Å². The number of carbonyl (C=O) groups excluding carboxylic acids is 2. The summed E-state index contributed by atoms with van der Waals surface area (Å²) in [6.07, 6.45) is 11.6. The van der Waals surface area contributed by atoms with Gasteiger partial charge >= 0.3 is 5.97 Å². The first kappa shape index (κ1) is 22.1. The van der Waals surface area contributed by atoms with Crippen LogP contribution in [0.4, 0.5) is 0 Å². The molecule has 0 radical (unpaired) electrons. The number of carbonyl (C=O) groups is 2. The van der Waals surface area contributed by atoms with Crippen molar-refractivity contribution >= 4 is 17.8 Å². The van der Waals surface area contributed by atoms with Gasteiger partial charge in [0.15, 0.2) is 0 Å². The Morgan fingerprint density at radius 2 is 1.93 bits per heavy atom. The molecule has 0 bridgehead atoms. The van der Waals surface area contributed by atoms with E-state index in [1.54, 1.807) is 6.08 Å². The van der Waals surface area contributed by atoms with E-state index < -0.39 is 0 Å². The van der Waals surface area contributed by atoms with Crippen molar-refractivity contribution in [2.45, 2.75) is 51.0 Å². The maximum absolute atomic E-state index is 12.6. The van der Waals surface area contributed by atoms with Crippen molar-refractivity contribution in [1.29, 1.82) is 0 Å². The van der Waals surface area contributed by atoms with Crippen LogP contribution in [-0.4, -0.2) is 31.6 Å². The molecule has 152 valence electrons. The highest BCUT2D eigenvalue weighted by atomic mass is 16.5.